The van der Waals surface area contributed by atoms with Crippen molar-refractivity contribution in [2.24, 2.45) is 0 Å². The summed E-state index contributed by atoms with van der Waals surface area (Å²) in [4.78, 5) is 72.2. The molecule has 192 valence electrons. The third-order valence-corrected chi connectivity index (χ3v) is 4.21. The number of imidazole rings is 1. The van der Waals surface area contributed by atoms with E-state index in [-0.39, 0.29) is 49.9 Å². The number of H-pyrrole nitrogens is 1. The van der Waals surface area contributed by atoms with E-state index in [0.717, 1.165) is 7.11 Å². The molecule has 0 aliphatic heterocycles. The van der Waals surface area contributed by atoms with E-state index in [2.05, 4.69) is 30.3 Å². The second-order valence-electron chi connectivity index (χ2n) is 8.12. The van der Waals surface area contributed by atoms with Crippen LogP contribution in [0.1, 0.15) is 27.7 Å². The first-order chi connectivity index (χ1) is 16.4. The number of anilines is 1. The summed E-state index contributed by atoms with van der Waals surface area (Å²) in [6.45, 7) is 6.19. The molecular weight excluding hydrogens is 466 g/mol. The number of fused-ring (bicyclic) bond motifs is 1. The maximum atomic E-state index is 13.0. The van der Waals surface area contributed by atoms with E-state index < -0.39 is 35.2 Å². The highest BCUT2D eigenvalue weighted by atomic mass is 16.6. The molecule has 0 aliphatic rings. The number of rotatable bonds is 9. The Hall–Kier alpha value is -4.17. The van der Waals surface area contributed by atoms with Crippen LogP contribution in [0.3, 0.4) is 0 Å². The van der Waals surface area contributed by atoms with E-state index in [9.17, 15) is 24.0 Å². The number of hydrogen-bond acceptors (Lipinski definition) is 10. The molecule has 2 rings (SSSR count). The topological polar surface area (TPSA) is 187 Å². The van der Waals surface area contributed by atoms with Crippen molar-refractivity contribution in [3.8, 4) is 0 Å². The van der Waals surface area contributed by atoms with Gasteiger partial charge in [0.1, 0.15) is 18.7 Å². The number of carbonyl (C=O) groups is 4. The van der Waals surface area contributed by atoms with Gasteiger partial charge in [-0.2, -0.15) is 4.98 Å². The van der Waals surface area contributed by atoms with Gasteiger partial charge in [-0.3, -0.25) is 24.7 Å². The van der Waals surface area contributed by atoms with E-state index in [4.69, 9.17) is 9.47 Å². The Morgan fingerprint density at radius 2 is 1.91 bits per heavy atom. The molecule has 0 saturated carbocycles. The average Bonchev–Trinajstić information content (AvgIpc) is 3.14. The number of ether oxygens (including phenoxy) is 3. The second-order valence-corrected chi connectivity index (χ2v) is 8.12. The summed E-state index contributed by atoms with van der Waals surface area (Å²) in [5.41, 5.74) is -1.37. The van der Waals surface area contributed by atoms with Crippen LogP contribution in [0, 0.1) is 0 Å². The van der Waals surface area contributed by atoms with Gasteiger partial charge in [-0.1, -0.05) is 0 Å². The van der Waals surface area contributed by atoms with Crippen LogP contribution in [0.4, 0.5) is 15.5 Å². The summed E-state index contributed by atoms with van der Waals surface area (Å²) < 4.78 is 15.8. The highest BCUT2D eigenvalue weighted by Crippen LogP contribution is 2.09. The zero-order valence-electron chi connectivity index (χ0n) is 20.2. The van der Waals surface area contributed by atoms with Crippen molar-refractivity contribution in [1.29, 1.82) is 0 Å². The molecule has 0 fully saturated rings. The average molecular weight is 495 g/mol. The van der Waals surface area contributed by atoms with Gasteiger partial charge in [0, 0.05) is 13.1 Å². The second kappa shape index (κ2) is 11.8. The molecule has 0 saturated heterocycles. The van der Waals surface area contributed by atoms with Gasteiger partial charge in [0.05, 0.1) is 20.0 Å². The van der Waals surface area contributed by atoms with Crippen LogP contribution in [0.15, 0.2) is 11.1 Å². The zero-order valence-corrected chi connectivity index (χ0v) is 20.2. The van der Waals surface area contributed by atoms with Crippen LogP contribution in [-0.4, -0.2) is 87.4 Å². The van der Waals surface area contributed by atoms with Crippen molar-refractivity contribution >= 4 is 41.2 Å². The summed E-state index contributed by atoms with van der Waals surface area (Å²) in [6.07, 6.45) is -0.294. The number of methoxy groups -OCH3 is 1. The van der Waals surface area contributed by atoms with Crippen LogP contribution in [-0.2, 0) is 30.3 Å². The molecule has 15 heteroatoms. The van der Waals surface area contributed by atoms with Crippen LogP contribution in [0.2, 0.25) is 0 Å². The predicted molar refractivity (Wildman–Crippen MR) is 122 cm³/mol. The number of aromatic amines is 1. The smallest absolute Gasteiger partial charge is 0.413 e. The lowest BCUT2D eigenvalue weighted by Gasteiger charge is -2.23. The molecule has 3 amide bonds. The van der Waals surface area contributed by atoms with Crippen LogP contribution >= 0.6 is 0 Å². The fraction of sp³-hybridized carbons (Fsp3) is 0.550. The lowest BCUT2D eigenvalue weighted by atomic mass is 10.2. The van der Waals surface area contributed by atoms with Crippen LogP contribution < -0.4 is 16.2 Å². The van der Waals surface area contributed by atoms with E-state index in [1.807, 2.05) is 0 Å². The number of alkyl carbamates (subject to hydrolysis) is 1. The van der Waals surface area contributed by atoms with Crippen molar-refractivity contribution in [2.75, 3.05) is 38.7 Å². The Morgan fingerprint density at radius 1 is 1.20 bits per heavy atom. The highest BCUT2D eigenvalue weighted by Gasteiger charge is 2.22. The number of nitrogens with zero attached hydrogens (tertiary/aromatic N) is 4. The number of amides is 3. The Labute approximate surface area is 200 Å². The van der Waals surface area contributed by atoms with Crippen molar-refractivity contribution in [2.45, 2.75) is 39.8 Å². The van der Waals surface area contributed by atoms with Gasteiger partial charge in [-0.05, 0) is 27.7 Å². The minimum Gasteiger partial charge on any atom is -0.465 e. The Balaban J connectivity index is 2.18. The van der Waals surface area contributed by atoms with Gasteiger partial charge in [-0.15, -0.1) is 0 Å². The molecule has 0 aliphatic carbocycles. The maximum absolute atomic E-state index is 13.0. The lowest BCUT2D eigenvalue weighted by molar-refractivity contribution is -0.149. The van der Waals surface area contributed by atoms with Gasteiger partial charge in [-0.25, -0.2) is 14.6 Å². The largest absolute Gasteiger partial charge is 0.465 e. The van der Waals surface area contributed by atoms with Crippen LogP contribution in [0.5, 0.6) is 0 Å². The normalized spacial score (nSPS) is 11.0. The third kappa shape index (κ3) is 8.28. The third-order valence-electron chi connectivity index (χ3n) is 4.21. The van der Waals surface area contributed by atoms with Gasteiger partial charge in [0.25, 0.3) is 5.56 Å². The number of hydrogen-bond donors (Lipinski definition) is 3. The van der Waals surface area contributed by atoms with E-state index >= 15 is 0 Å². The van der Waals surface area contributed by atoms with Gasteiger partial charge >= 0.3 is 18.2 Å². The van der Waals surface area contributed by atoms with Gasteiger partial charge in [0.2, 0.25) is 11.9 Å². The quantitative estimate of drug-likeness (QED) is 0.321. The Kier molecular flexibility index (Phi) is 9.13. The molecule has 35 heavy (non-hydrogen) atoms. The number of nitrogens with one attached hydrogen (secondary N) is 3. The monoisotopic (exact) mass is 495 g/mol. The first kappa shape index (κ1) is 27.1. The van der Waals surface area contributed by atoms with Crippen molar-refractivity contribution < 1.29 is 33.4 Å². The molecule has 0 radical (unpaired) electrons. The highest BCUT2D eigenvalue weighted by molar-refractivity contribution is 5.85. The Bertz CT molecular complexity index is 1130. The maximum Gasteiger partial charge on any atom is 0.413 e. The van der Waals surface area contributed by atoms with E-state index in [0.29, 0.717) is 0 Å². The molecular formula is C20H29N7O8. The molecule has 2 aromatic heterocycles. The minimum atomic E-state index is -0.854. The minimum absolute atomic E-state index is 0.00977. The molecule has 15 nitrogen and oxygen atoms in total. The number of carbonyl (C=O) groups excluding carboxylic acids is 4. The predicted octanol–water partition coefficient (Wildman–Crippen LogP) is 0.214. The molecule has 0 spiro atoms. The SMILES string of the molecule is CCOC(=O)CN(CCNC(=O)OC(C)(C)C)C(=O)Cn1cnc2c(=O)[nH]c(NC(=O)OC)nc21. The summed E-state index contributed by atoms with van der Waals surface area (Å²) in [5.74, 6) is -1.37. The number of esters is 1. The van der Waals surface area contributed by atoms with Gasteiger partial charge < -0.3 is 29.0 Å². The van der Waals surface area contributed by atoms with Crippen molar-refractivity contribution in [3.63, 3.8) is 0 Å². The molecule has 0 bridgehead atoms. The molecule has 2 heterocycles. The van der Waals surface area contributed by atoms with Crippen LogP contribution in [0.25, 0.3) is 11.2 Å². The first-order valence-corrected chi connectivity index (χ1v) is 10.6. The van der Waals surface area contributed by atoms with Crippen molar-refractivity contribution in [3.05, 3.63) is 16.7 Å². The van der Waals surface area contributed by atoms with Crippen molar-refractivity contribution in [1.82, 2.24) is 29.7 Å². The first-order valence-electron chi connectivity index (χ1n) is 10.6. The standard InChI is InChI=1S/C20H29N7O8/c1-6-34-13(29)10-26(8-7-21-18(31)35-20(2,3)4)12(28)9-27-11-22-14-15(27)23-17(24-16(14)30)25-19(32)33-5/h11H,6-10H2,1-5H3,(H,21,31)(H2,23,24,25,30,32). The van der Waals surface area contributed by atoms with E-state index in [1.54, 1.807) is 27.7 Å². The van der Waals surface area contributed by atoms with Gasteiger partial charge in [0.15, 0.2) is 11.2 Å². The lowest BCUT2D eigenvalue weighted by Crippen LogP contribution is -2.44. The molecule has 0 aromatic carbocycles. The Morgan fingerprint density at radius 3 is 2.54 bits per heavy atom. The fourth-order valence-corrected chi connectivity index (χ4v) is 2.78. The summed E-state index contributed by atoms with van der Waals surface area (Å²) in [6, 6.07) is 0. The summed E-state index contributed by atoms with van der Waals surface area (Å²) in [7, 11) is 1.14. The molecule has 3 N–H and O–H groups in total. The fourth-order valence-electron chi connectivity index (χ4n) is 2.78. The summed E-state index contributed by atoms with van der Waals surface area (Å²) >= 11 is 0. The zero-order chi connectivity index (χ0) is 26.2. The number of aromatic nitrogens is 4. The molecule has 0 atom stereocenters. The molecule has 2 aromatic rings. The molecule has 0 unspecified atom stereocenters. The van der Waals surface area contributed by atoms with E-state index in [1.165, 1.54) is 15.8 Å². The summed E-state index contributed by atoms with van der Waals surface area (Å²) in [5, 5.41) is 4.76.